The monoisotopic (exact) mass is 282 g/mol. The van der Waals surface area contributed by atoms with E-state index in [4.69, 9.17) is 0 Å². The summed E-state index contributed by atoms with van der Waals surface area (Å²) in [5.74, 6) is -1.28. The number of nitrogens with zero attached hydrogens (tertiary/aromatic N) is 1. The van der Waals surface area contributed by atoms with Gasteiger partial charge in [-0.3, -0.25) is 15.0 Å². The number of hydrazine groups is 1. The Bertz CT molecular complexity index is 724. The van der Waals surface area contributed by atoms with E-state index < -0.39 is 11.8 Å². The number of benzene rings is 2. The smallest absolute Gasteiger partial charge is 0.267 e. The van der Waals surface area contributed by atoms with Crippen molar-refractivity contribution >= 4 is 23.6 Å². The van der Waals surface area contributed by atoms with Crippen LogP contribution in [-0.2, 0) is 9.59 Å². The van der Waals surface area contributed by atoms with Gasteiger partial charge in [-0.25, -0.2) is 9.40 Å². The molecule has 0 saturated carbocycles. The minimum Gasteiger partial charge on any atom is -0.267 e. The van der Waals surface area contributed by atoms with Gasteiger partial charge in [-0.1, -0.05) is 30.3 Å². The second-order valence-corrected chi connectivity index (χ2v) is 4.53. The fourth-order valence-corrected chi connectivity index (χ4v) is 2.04. The molecular weight excluding hydrogens is 271 g/mol. The van der Waals surface area contributed by atoms with Crippen LogP contribution in [-0.4, -0.2) is 11.8 Å². The third-order valence-corrected chi connectivity index (χ3v) is 3.09. The van der Waals surface area contributed by atoms with Gasteiger partial charge in [-0.2, -0.15) is 0 Å². The molecule has 1 saturated heterocycles. The normalized spacial score (nSPS) is 16.4. The Kier molecular flexibility index (Phi) is 3.23. The van der Waals surface area contributed by atoms with E-state index in [9.17, 15) is 14.0 Å². The lowest BCUT2D eigenvalue weighted by molar-refractivity contribution is -0.117. The van der Waals surface area contributed by atoms with Crippen molar-refractivity contribution in [2.45, 2.75) is 0 Å². The number of hydrogen-bond acceptors (Lipinski definition) is 2. The van der Waals surface area contributed by atoms with Crippen LogP contribution in [0.1, 0.15) is 5.56 Å². The lowest BCUT2D eigenvalue weighted by Gasteiger charge is -2.13. The first kappa shape index (κ1) is 13.1. The standard InChI is InChI=1S/C16H11FN2O2/c17-12-8-6-11(7-9-12)10-14-15(20)18-19(16(14)21)13-4-2-1-3-5-13/h1-10H,(H,18,20)/b14-10+. The van der Waals surface area contributed by atoms with E-state index in [0.717, 1.165) is 0 Å². The number of carbonyl (C=O) groups excluding carboxylic acids is 2. The van der Waals surface area contributed by atoms with Crippen LogP contribution in [0.3, 0.4) is 0 Å². The van der Waals surface area contributed by atoms with E-state index in [1.165, 1.54) is 35.4 Å². The van der Waals surface area contributed by atoms with Gasteiger partial charge in [-0.15, -0.1) is 0 Å². The fourth-order valence-electron chi connectivity index (χ4n) is 2.04. The molecule has 3 rings (SSSR count). The van der Waals surface area contributed by atoms with Gasteiger partial charge in [0.25, 0.3) is 11.8 Å². The van der Waals surface area contributed by atoms with Crippen molar-refractivity contribution < 1.29 is 14.0 Å². The average Bonchev–Trinajstić information content (AvgIpc) is 2.78. The van der Waals surface area contributed by atoms with E-state index in [0.29, 0.717) is 11.3 Å². The quantitative estimate of drug-likeness (QED) is 0.678. The zero-order chi connectivity index (χ0) is 14.8. The molecule has 4 nitrogen and oxygen atoms in total. The maximum Gasteiger partial charge on any atom is 0.282 e. The van der Waals surface area contributed by atoms with Crippen molar-refractivity contribution in [2.24, 2.45) is 0 Å². The van der Waals surface area contributed by atoms with Crippen LogP contribution < -0.4 is 10.4 Å². The summed E-state index contributed by atoms with van der Waals surface area (Å²) in [7, 11) is 0. The van der Waals surface area contributed by atoms with Crippen LogP contribution >= 0.6 is 0 Å². The predicted molar refractivity (Wildman–Crippen MR) is 76.4 cm³/mol. The molecule has 1 heterocycles. The molecule has 1 aliphatic rings. The Hall–Kier alpha value is -2.95. The molecule has 0 aliphatic carbocycles. The Labute approximate surface area is 120 Å². The van der Waals surface area contributed by atoms with Crippen molar-refractivity contribution in [2.75, 3.05) is 5.01 Å². The Morgan fingerprint density at radius 1 is 0.952 bits per heavy atom. The van der Waals surface area contributed by atoms with Crippen LogP contribution in [0.4, 0.5) is 10.1 Å². The van der Waals surface area contributed by atoms with Crippen molar-refractivity contribution in [3.05, 3.63) is 71.6 Å². The molecule has 0 bridgehead atoms. The van der Waals surface area contributed by atoms with E-state index in [-0.39, 0.29) is 11.4 Å². The molecule has 2 aromatic rings. The molecule has 2 amide bonds. The summed E-state index contributed by atoms with van der Waals surface area (Å²) in [5.41, 5.74) is 3.69. The molecule has 0 atom stereocenters. The highest BCUT2D eigenvalue weighted by Crippen LogP contribution is 2.21. The highest BCUT2D eigenvalue weighted by Gasteiger charge is 2.34. The van der Waals surface area contributed by atoms with E-state index in [2.05, 4.69) is 5.43 Å². The highest BCUT2D eigenvalue weighted by atomic mass is 19.1. The Balaban J connectivity index is 1.92. The highest BCUT2D eigenvalue weighted by molar-refractivity contribution is 6.31. The minimum atomic E-state index is -0.479. The maximum atomic E-state index is 12.9. The summed E-state index contributed by atoms with van der Waals surface area (Å²) in [6, 6.07) is 14.4. The second-order valence-electron chi connectivity index (χ2n) is 4.53. The summed E-state index contributed by atoms with van der Waals surface area (Å²) in [4.78, 5) is 24.2. The molecule has 104 valence electrons. The molecule has 1 fully saturated rings. The molecular formula is C16H11FN2O2. The van der Waals surface area contributed by atoms with Crippen molar-refractivity contribution in [1.82, 2.24) is 5.43 Å². The fraction of sp³-hybridized carbons (Fsp3) is 0. The van der Waals surface area contributed by atoms with Crippen LogP contribution in [0, 0.1) is 5.82 Å². The van der Waals surface area contributed by atoms with E-state index in [1.54, 1.807) is 24.3 Å². The summed E-state index contributed by atoms with van der Waals surface area (Å²) in [6.45, 7) is 0. The molecule has 0 radical (unpaired) electrons. The van der Waals surface area contributed by atoms with Gasteiger partial charge < -0.3 is 0 Å². The number of hydrogen-bond donors (Lipinski definition) is 1. The zero-order valence-electron chi connectivity index (χ0n) is 10.9. The van der Waals surface area contributed by atoms with E-state index >= 15 is 0 Å². The Morgan fingerprint density at radius 2 is 1.62 bits per heavy atom. The summed E-state index contributed by atoms with van der Waals surface area (Å²) >= 11 is 0. The average molecular weight is 282 g/mol. The molecule has 21 heavy (non-hydrogen) atoms. The predicted octanol–water partition coefficient (Wildman–Crippen LogP) is 2.29. The topological polar surface area (TPSA) is 49.4 Å². The molecule has 0 aromatic heterocycles. The number of para-hydroxylation sites is 1. The first-order valence-corrected chi connectivity index (χ1v) is 6.33. The summed E-state index contributed by atoms with van der Waals surface area (Å²) in [5, 5.41) is 1.19. The number of anilines is 1. The van der Waals surface area contributed by atoms with E-state index in [1.807, 2.05) is 6.07 Å². The summed E-state index contributed by atoms with van der Waals surface area (Å²) < 4.78 is 12.9. The third kappa shape index (κ3) is 2.53. The van der Waals surface area contributed by atoms with Crippen LogP contribution in [0.2, 0.25) is 0 Å². The van der Waals surface area contributed by atoms with Gasteiger partial charge in [0.05, 0.1) is 5.69 Å². The molecule has 0 spiro atoms. The number of halogens is 1. The SMILES string of the molecule is O=C1NN(c2ccccc2)C(=O)/C1=C/c1ccc(F)cc1. The number of rotatable bonds is 2. The number of amides is 2. The first-order chi connectivity index (χ1) is 10.1. The largest absolute Gasteiger partial charge is 0.282 e. The van der Waals surface area contributed by atoms with Crippen LogP contribution in [0.5, 0.6) is 0 Å². The lowest BCUT2D eigenvalue weighted by atomic mass is 10.1. The van der Waals surface area contributed by atoms with Gasteiger partial charge in [-0.05, 0) is 35.9 Å². The first-order valence-electron chi connectivity index (χ1n) is 6.33. The zero-order valence-corrected chi connectivity index (χ0v) is 10.9. The van der Waals surface area contributed by atoms with Gasteiger partial charge in [0.2, 0.25) is 0 Å². The third-order valence-electron chi connectivity index (χ3n) is 3.09. The number of carbonyl (C=O) groups is 2. The van der Waals surface area contributed by atoms with Crippen LogP contribution in [0.15, 0.2) is 60.2 Å². The Morgan fingerprint density at radius 3 is 2.29 bits per heavy atom. The summed E-state index contributed by atoms with van der Waals surface area (Å²) in [6.07, 6.45) is 1.44. The molecule has 1 aliphatic heterocycles. The second kappa shape index (κ2) is 5.20. The van der Waals surface area contributed by atoms with Crippen molar-refractivity contribution in [1.29, 1.82) is 0 Å². The van der Waals surface area contributed by atoms with Gasteiger partial charge in [0, 0.05) is 0 Å². The molecule has 5 heteroatoms. The van der Waals surface area contributed by atoms with Crippen molar-refractivity contribution in [3.8, 4) is 0 Å². The van der Waals surface area contributed by atoms with Crippen molar-refractivity contribution in [3.63, 3.8) is 0 Å². The van der Waals surface area contributed by atoms with Gasteiger partial charge >= 0.3 is 0 Å². The molecule has 2 aromatic carbocycles. The lowest BCUT2D eigenvalue weighted by Crippen LogP contribution is -2.35. The van der Waals surface area contributed by atoms with Gasteiger partial charge in [0.1, 0.15) is 11.4 Å². The maximum absolute atomic E-state index is 12.9. The molecule has 0 unspecified atom stereocenters. The van der Waals surface area contributed by atoms with Crippen LogP contribution in [0.25, 0.3) is 6.08 Å². The minimum absolute atomic E-state index is 0.0189. The number of nitrogens with one attached hydrogen (secondary N) is 1. The van der Waals surface area contributed by atoms with Gasteiger partial charge in [0.15, 0.2) is 0 Å². The molecule has 1 N–H and O–H groups in total.